The number of hydrogen-bond acceptors (Lipinski definition) is 8. The summed E-state index contributed by atoms with van der Waals surface area (Å²) in [6.45, 7) is 4.19. The number of rotatable bonds is 6. The van der Waals surface area contributed by atoms with Crippen LogP contribution in [0.25, 0.3) is 33.2 Å². The molecular formula is C36H34Cl2N8O3. The molecule has 2 saturated heterocycles. The highest BCUT2D eigenvalue weighted by Crippen LogP contribution is 2.47. The van der Waals surface area contributed by atoms with E-state index in [0.717, 1.165) is 66.0 Å². The lowest BCUT2D eigenvalue weighted by molar-refractivity contribution is 0.219. The molecule has 0 bridgehead atoms. The summed E-state index contributed by atoms with van der Waals surface area (Å²) in [5.41, 5.74) is 6.07. The summed E-state index contributed by atoms with van der Waals surface area (Å²) in [5, 5.41) is 15.6. The van der Waals surface area contributed by atoms with Gasteiger partial charge < -0.3 is 20.7 Å². The molecule has 0 saturated carbocycles. The van der Waals surface area contributed by atoms with Gasteiger partial charge in [0, 0.05) is 66.1 Å². The van der Waals surface area contributed by atoms with E-state index in [2.05, 4.69) is 37.0 Å². The van der Waals surface area contributed by atoms with E-state index < -0.39 is 0 Å². The number of nitrogens with one attached hydrogen (secondary N) is 3. The molecule has 2 unspecified atom stereocenters. The zero-order chi connectivity index (χ0) is 34.0. The Morgan fingerprint density at radius 2 is 1.82 bits per heavy atom. The van der Waals surface area contributed by atoms with Crippen molar-refractivity contribution in [1.82, 2.24) is 35.3 Å². The lowest BCUT2D eigenvalue weighted by Gasteiger charge is -2.28. The van der Waals surface area contributed by atoms with Crippen LogP contribution in [0.5, 0.6) is 5.88 Å². The largest absolute Gasteiger partial charge is 0.481 e. The molecule has 5 aromatic rings. The Morgan fingerprint density at radius 3 is 2.59 bits per heavy atom. The van der Waals surface area contributed by atoms with Crippen LogP contribution >= 0.6 is 23.2 Å². The Kier molecular flexibility index (Phi) is 7.73. The van der Waals surface area contributed by atoms with Crippen molar-refractivity contribution in [3.05, 3.63) is 91.9 Å². The molecule has 2 fully saturated rings. The van der Waals surface area contributed by atoms with Crippen LogP contribution in [0, 0.1) is 6.92 Å². The Hall–Kier alpha value is -4.71. The average molecular weight is 698 g/mol. The number of amides is 2. The normalized spacial score (nSPS) is 20.1. The monoisotopic (exact) mass is 696 g/mol. The van der Waals surface area contributed by atoms with E-state index in [4.69, 9.17) is 32.9 Å². The minimum atomic E-state index is -0.261. The second kappa shape index (κ2) is 12.0. The van der Waals surface area contributed by atoms with Gasteiger partial charge in [0.1, 0.15) is 5.82 Å². The van der Waals surface area contributed by atoms with Crippen LogP contribution in [-0.4, -0.2) is 63.0 Å². The first-order valence-corrected chi connectivity index (χ1v) is 17.0. The van der Waals surface area contributed by atoms with Crippen LogP contribution < -0.4 is 26.2 Å². The molecule has 0 radical (unpaired) electrons. The third-order valence-electron chi connectivity index (χ3n) is 9.99. The summed E-state index contributed by atoms with van der Waals surface area (Å²) >= 11 is 14.3. The molecule has 3 aromatic heterocycles. The lowest BCUT2D eigenvalue weighted by atomic mass is 9.99. The number of likely N-dealkylation sites (tertiary alicyclic amines) is 1. The molecule has 13 heteroatoms. The summed E-state index contributed by atoms with van der Waals surface area (Å²) in [6, 6.07) is 15.5. The molecule has 250 valence electrons. The van der Waals surface area contributed by atoms with Gasteiger partial charge in [-0.1, -0.05) is 53.5 Å². The van der Waals surface area contributed by atoms with Crippen molar-refractivity contribution >= 4 is 51.5 Å². The van der Waals surface area contributed by atoms with Crippen molar-refractivity contribution < 1.29 is 9.53 Å². The number of ether oxygens (including phenoxy) is 1. The van der Waals surface area contributed by atoms with Crippen LogP contribution in [0.3, 0.4) is 0 Å². The smallest absolute Gasteiger partial charge is 0.315 e. The maximum atomic E-state index is 13.0. The van der Waals surface area contributed by atoms with Crippen molar-refractivity contribution in [2.24, 2.45) is 7.05 Å². The van der Waals surface area contributed by atoms with E-state index in [0.29, 0.717) is 44.7 Å². The molecule has 3 aliphatic rings. The van der Waals surface area contributed by atoms with Gasteiger partial charge in [0.2, 0.25) is 5.88 Å². The van der Waals surface area contributed by atoms with Crippen LogP contribution in [0.15, 0.2) is 59.5 Å². The van der Waals surface area contributed by atoms with Crippen LogP contribution in [0.1, 0.15) is 35.7 Å². The second-order valence-corrected chi connectivity index (χ2v) is 13.8. The molecule has 2 atom stereocenters. The maximum Gasteiger partial charge on any atom is 0.315 e. The van der Waals surface area contributed by atoms with Crippen molar-refractivity contribution in [1.29, 1.82) is 0 Å². The van der Waals surface area contributed by atoms with Gasteiger partial charge in [-0.15, -0.1) is 0 Å². The number of carbonyl (C=O) groups is 1. The van der Waals surface area contributed by atoms with Crippen LogP contribution in [0.4, 0.5) is 16.3 Å². The fourth-order valence-corrected chi connectivity index (χ4v) is 8.22. The molecule has 49 heavy (non-hydrogen) atoms. The number of methoxy groups -OCH3 is 1. The van der Waals surface area contributed by atoms with Gasteiger partial charge in [0.05, 0.1) is 45.7 Å². The Balaban J connectivity index is 1.13. The maximum absolute atomic E-state index is 13.0. The van der Waals surface area contributed by atoms with Gasteiger partial charge in [0.15, 0.2) is 0 Å². The first-order valence-electron chi connectivity index (χ1n) is 16.2. The predicted molar refractivity (Wildman–Crippen MR) is 191 cm³/mol. The summed E-state index contributed by atoms with van der Waals surface area (Å²) in [5.74, 6) is 0.993. The highest BCUT2D eigenvalue weighted by molar-refractivity contribution is 6.39. The zero-order valence-electron chi connectivity index (χ0n) is 27.2. The number of anilines is 2. The number of halogens is 2. The zero-order valence-corrected chi connectivity index (χ0v) is 28.7. The standard InChI is InChI=1S/C36H34Cl2N8O3/c1-19-14-21-16-40-45(2)34(47)29(21)32(41-19)42-25-9-5-7-23(31(25)38)22-6-4-8-24(30(22)37)26-15-20-10-11-27(28(20)33(43-26)49-3)46-13-12-36(18-46)17-39-35(48)44-36/h4-9,14-16,27H,10-13,17-18H2,1-3H3,(H,41,42)(H2,39,44,48). The van der Waals surface area contributed by atoms with E-state index in [-0.39, 0.29) is 23.2 Å². The molecule has 11 nitrogen and oxygen atoms in total. The van der Waals surface area contributed by atoms with E-state index in [9.17, 15) is 9.59 Å². The number of urea groups is 1. The summed E-state index contributed by atoms with van der Waals surface area (Å²) in [4.78, 5) is 37.0. The summed E-state index contributed by atoms with van der Waals surface area (Å²) in [6.07, 6.45) is 4.39. The number of aryl methyl sites for hydroxylation is 3. The molecule has 5 heterocycles. The molecule has 1 spiro atoms. The summed E-state index contributed by atoms with van der Waals surface area (Å²) < 4.78 is 7.20. The quantitative estimate of drug-likeness (QED) is 0.193. The van der Waals surface area contributed by atoms with Gasteiger partial charge in [0.25, 0.3) is 5.56 Å². The van der Waals surface area contributed by atoms with Crippen molar-refractivity contribution in [2.45, 2.75) is 37.8 Å². The van der Waals surface area contributed by atoms with E-state index >= 15 is 0 Å². The second-order valence-electron chi connectivity index (χ2n) is 13.1. The molecule has 8 rings (SSSR count). The molecule has 1 aliphatic carbocycles. The Labute approximate surface area is 292 Å². The van der Waals surface area contributed by atoms with Crippen molar-refractivity contribution in [3.8, 4) is 28.3 Å². The highest BCUT2D eigenvalue weighted by atomic mass is 35.5. The fourth-order valence-electron chi connectivity index (χ4n) is 7.62. The molecular weight excluding hydrogens is 663 g/mol. The number of nitrogens with zero attached hydrogens (tertiary/aromatic N) is 5. The number of benzene rings is 2. The topological polar surface area (TPSA) is 126 Å². The Morgan fingerprint density at radius 1 is 1.04 bits per heavy atom. The minimum Gasteiger partial charge on any atom is -0.481 e. The van der Waals surface area contributed by atoms with Crippen LogP contribution in [-0.2, 0) is 13.5 Å². The summed E-state index contributed by atoms with van der Waals surface area (Å²) in [7, 11) is 3.26. The van der Waals surface area contributed by atoms with Gasteiger partial charge in [-0.05, 0) is 49.9 Å². The molecule has 2 amide bonds. The minimum absolute atomic E-state index is 0.0947. The number of fused-ring (bicyclic) bond motifs is 2. The Bertz CT molecular complexity index is 2240. The third-order valence-corrected chi connectivity index (χ3v) is 10.8. The molecule has 3 N–H and O–H groups in total. The number of aromatic nitrogens is 4. The number of carbonyl (C=O) groups excluding carboxylic acids is 1. The van der Waals surface area contributed by atoms with Crippen molar-refractivity contribution in [3.63, 3.8) is 0 Å². The first kappa shape index (κ1) is 31.6. The third kappa shape index (κ3) is 5.36. The van der Waals surface area contributed by atoms with Gasteiger partial charge >= 0.3 is 6.03 Å². The predicted octanol–water partition coefficient (Wildman–Crippen LogP) is 6.17. The highest BCUT2D eigenvalue weighted by Gasteiger charge is 2.46. The fraction of sp³-hybridized carbons (Fsp3) is 0.306. The lowest BCUT2D eigenvalue weighted by Crippen LogP contribution is -2.46. The van der Waals surface area contributed by atoms with E-state index in [1.54, 1.807) is 20.4 Å². The van der Waals surface area contributed by atoms with Gasteiger partial charge in [-0.2, -0.15) is 5.10 Å². The molecule has 2 aromatic carbocycles. The SMILES string of the molecule is COc1nc(-c2cccc(-c3cccc(Nc4nc(C)cc5cnn(C)c(=O)c45)c3Cl)c2Cl)cc2c1C(N1CCC3(CNC(=O)N3)C1)CC2. The van der Waals surface area contributed by atoms with Crippen molar-refractivity contribution in [2.75, 3.05) is 32.1 Å². The van der Waals surface area contributed by atoms with Gasteiger partial charge in [-0.25, -0.2) is 19.4 Å². The molecule has 2 aliphatic heterocycles. The van der Waals surface area contributed by atoms with E-state index in [1.807, 2.05) is 49.4 Å². The first-order chi connectivity index (χ1) is 23.6. The average Bonchev–Trinajstić information content (AvgIpc) is 3.81. The van der Waals surface area contributed by atoms with Gasteiger partial charge in [-0.3, -0.25) is 9.69 Å². The number of pyridine rings is 2. The van der Waals surface area contributed by atoms with Crippen LogP contribution in [0.2, 0.25) is 10.0 Å². The van der Waals surface area contributed by atoms with E-state index in [1.165, 1.54) is 10.2 Å². The number of hydrogen-bond donors (Lipinski definition) is 3.